The molecule has 2 nitrogen and oxygen atoms in total. The van der Waals surface area contributed by atoms with Gasteiger partial charge < -0.3 is 10.0 Å². The summed E-state index contributed by atoms with van der Waals surface area (Å²) in [6.45, 7) is 0.491. The van der Waals surface area contributed by atoms with Crippen molar-refractivity contribution in [3.8, 4) is 0 Å². The van der Waals surface area contributed by atoms with Crippen molar-refractivity contribution in [1.29, 1.82) is 0 Å². The van der Waals surface area contributed by atoms with E-state index in [1.54, 1.807) is 48.3 Å². The third-order valence-corrected chi connectivity index (χ3v) is 4.18. The standard InChI is InChI=1S/C16H16Cl2FNO/c1-20(14-8-3-2-7-13(14)19)10-9-15(21)11-5-4-6-12(17)16(11)18/h2-8,15,21H,9-10H2,1H3. The van der Waals surface area contributed by atoms with Gasteiger partial charge in [0, 0.05) is 19.2 Å². The van der Waals surface area contributed by atoms with Gasteiger partial charge in [-0.1, -0.05) is 47.5 Å². The first-order chi connectivity index (χ1) is 10.0. The number of benzene rings is 2. The predicted molar refractivity (Wildman–Crippen MR) is 85.7 cm³/mol. The van der Waals surface area contributed by atoms with Gasteiger partial charge in [-0.25, -0.2) is 4.39 Å². The van der Waals surface area contributed by atoms with Crippen LogP contribution in [0.15, 0.2) is 42.5 Å². The van der Waals surface area contributed by atoms with Crippen LogP contribution in [0.25, 0.3) is 0 Å². The van der Waals surface area contributed by atoms with E-state index in [9.17, 15) is 9.50 Å². The van der Waals surface area contributed by atoms with Gasteiger partial charge in [0.05, 0.1) is 21.8 Å². The van der Waals surface area contributed by atoms with E-state index in [1.807, 2.05) is 0 Å². The normalized spacial score (nSPS) is 12.2. The summed E-state index contributed by atoms with van der Waals surface area (Å²) in [5.41, 5.74) is 1.09. The Hall–Kier alpha value is -1.29. The van der Waals surface area contributed by atoms with Crippen molar-refractivity contribution < 1.29 is 9.50 Å². The van der Waals surface area contributed by atoms with Crippen molar-refractivity contribution in [3.63, 3.8) is 0 Å². The molecule has 2 rings (SSSR count). The molecule has 2 aromatic rings. The molecule has 112 valence electrons. The number of rotatable bonds is 5. The lowest BCUT2D eigenvalue weighted by atomic mass is 10.1. The molecule has 0 radical (unpaired) electrons. The van der Waals surface area contributed by atoms with E-state index in [-0.39, 0.29) is 5.82 Å². The molecule has 0 spiro atoms. The molecule has 1 unspecified atom stereocenters. The molecule has 21 heavy (non-hydrogen) atoms. The summed E-state index contributed by atoms with van der Waals surface area (Å²) in [5.74, 6) is -0.282. The Kier molecular flexibility index (Phi) is 5.45. The topological polar surface area (TPSA) is 23.5 Å². The van der Waals surface area contributed by atoms with Crippen molar-refractivity contribution in [1.82, 2.24) is 0 Å². The van der Waals surface area contributed by atoms with Gasteiger partial charge >= 0.3 is 0 Å². The van der Waals surface area contributed by atoms with Gasteiger partial charge in [0.15, 0.2) is 0 Å². The van der Waals surface area contributed by atoms with Crippen molar-refractivity contribution in [3.05, 3.63) is 63.9 Å². The molecular formula is C16H16Cl2FNO. The van der Waals surface area contributed by atoms with Crippen LogP contribution >= 0.6 is 23.2 Å². The third kappa shape index (κ3) is 3.88. The Labute approximate surface area is 133 Å². The van der Waals surface area contributed by atoms with Gasteiger partial charge in [0.2, 0.25) is 0 Å². The molecule has 1 atom stereocenters. The Morgan fingerprint density at radius 1 is 1.14 bits per heavy atom. The number of aliphatic hydroxyl groups excluding tert-OH is 1. The Morgan fingerprint density at radius 2 is 1.86 bits per heavy atom. The number of hydrogen-bond acceptors (Lipinski definition) is 2. The molecule has 0 bridgehead atoms. The fraction of sp³-hybridized carbons (Fsp3) is 0.250. The van der Waals surface area contributed by atoms with Gasteiger partial charge in [-0.2, -0.15) is 0 Å². The fourth-order valence-electron chi connectivity index (χ4n) is 2.13. The van der Waals surface area contributed by atoms with Crippen LogP contribution in [0.1, 0.15) is 18.1 Å². The van der Waals surface area contributed by atoms with Crippen molar-refractivity contribution in [2.24, 2.45) is 0 Å². The highest BCUT2D eigenvalue weighted by Gasteiger charge is 2.15. The van der Waals surface area contributed by atoms with Crippen LogP contribution in [-0.2, 0) is 0 Å². The Bertz CT molecular complexity index is 621. The largest absolute Gasteiger partial charge is 0.388 e. The molecule has 0 aromatic heterocycles. The highest BCUT2D eigenvalue weighted by atomic mass is 35.5. The first-order valence-corrected chi connectivity index (χ1v) is 7.34. The number of halogens is 3. The van der Waals surface area contributed by atoms with E-state index in [4.69, 9.17) is 23.2 Å². The minimum atomic E-state index is -0.745. The van der Waals surface area contributed by atoms with E-state index >= 15 is 0 Å². The van der Waals surface area contributed by atoms with Gasteiger partial charge in [-0.3, -0.25) is 0 Å². The summed E-state index contributed by atoms with van der Waals surface area (Å²) in [7, 11) is 1.78. The maximum absolute atomic E-state index is 13.7. The quantitative estimate of drug-likeness (QED) is 0.860. The second-order valence-corrected chi connectivity index (χ2v) is 5.61. The number of para-hydroxylation sites is 1. The summed E-state index contributed by atoms with van der Waals surface area (Å²) in [6, 6.07) is 11.7. The average molecular weight is 328 g/mol. The number of nitrogens with zero attached hydrogens (tertiary/aromatic N) is 1. The fourth-order valence-corrected chi connectivity index (χ4v) is 2.56. The lowest BCUT2D eigenvalue weighted by Gasteiger charge is -2.22. The molecule has 1 N–H and O–H groups in total. The Balaban J connectivity index is 2.03. The first-order valence-electron chi connectivity index (χ1n) is 6.58. The lowest BCUT2D eigenvalue weighted by molar-refractivity contribution is 0.170. The molecule has 0 fully saturated rings. The monoisotopic (exact) mass is 327 g/mol. The summed E-state index contributed by atoms with van der Waals surface area (Å²) in [5, 5.41) is 11.0. The SMILES string of the molecule is CN(CCC(O)c1cccc(Cl)c1Cl)c1ccccc1F. The smallest absolute Gasteiger partial charge is 0.146 e. The van der Waals surface area contributed by atoms with E-state index in [0.717, 1.165) is 0 Å². The lowest BCUT2D eigenvalue weighted by Crippen LogP contribution is -2.21. The highest BCUT2D eigenvalue weighted by molar-refractivity contribution is 6.42. The van der Waals surface area contributed by atoms with Crippen molar-refractivity contribution >= 4 is 28.9 Å². The maximum Gasteiger partial charge on any atom is 0.146 e. The van der Waals surface area contributed by atoms with Crippen LogP contribution in [0.3, 0.4) is 0 Å². The molecule has 5 heteroatoms. The highest BCUT2D eigenvalue weighted by Crippen LogP contribution is 2.31. The molecule has 0 amide bonds. The zero-order valence-electron chi connectivity index (χ0n) is 11.6. The van der Waals surface area contributed by atoms with Crippen molar-refractivity contribution in [2.75, 3.05) is 18.5 Å². The zero-order chi connectivity index (χ0) is 15.4. The molecule has 2 aromatic carbocycles. The molecule has 0 saturated heterocycles. The summed E-state index contributed by atoms with van der Waals surface area (Å²) in [4.78, 5) is 1.76. The van der Waals surface area contributed by atoms with E-state index in [0.29, 0.717) is 34.3 Å². The van der Waals surface area contributed by atoms with Crippen LogP contribution in [0.4, 0.5) is 10.1 Å². The second-order valence-electron chi connectivity index (χ2n) is 4.82. The minimum Gasteiger partial charge on any atom is -0.388 e. The number of hydrogen-bond donors (Lipinski definition) is 1. The van der Waals surface area contributed by atoms with Gasteiger partial charge in [-0.05, 0) is 24.6 Å². The first kappa shape index (κ1) is 16.1. The van der Waals surface area contributed by atoms with Crippen LogP contribution in [0, 0.1) is 5.82 Å². The van der Waals surface area contributed by atoms with E-state index in [1.165, 1.54) is 6.07 Å². The third-order valence-electron chi connectivity index (χ3n) is 3.34. The van der Waals surface area contributed by atoms with Gasteiger partial charge in [0.25, 0.3) is 0 Å². The minimum absolute atomic E-state index is 0.282. The Morgan fingerprint density at radius 3 is 2.57 bits per heavy atom. The number of anilines is 1. The van der Waals surface area contributed by atoms with Crippen molar-refractivity contribution in [2.45, 2.75) is 12.5 Å². The molecule has 0 aliphatic heterocycles. The average Bonchev–Trinajstić information content (AvgIpc) is 2.47. The van der Waals surface area contributed by atoms with Crippen LogP contribution in [-0.4, -0.2) is 18.7 Å². The van der Waals surface area contributed by atoms with Crippen LogP contribution in [0.2, 0.25) is 10.0 Å². The van der Waals surface area contributed by atoms with Gasteiger partial charge in [-0.15, -0.1) is 0 Å². The zero-order valence-corrected chi connectivity index (χ0v) is 13.1. The molecule has 0 aliphatic rings. The number of aliphatic hydroxyl groups is 1. The molecular weight excluding hydrogens is 312 g/mol. The second kappa shape index (κ2) is 7.12. The molecule has 0 saturated carbocycles. The van der Waals surface area contributed by atoms with E-state index in [2.05, 4.69) is 0 Å². The molecule has 0 heterocycles. The van der Waals surface area contributed by atoms with Crippen LogP contribution < -0.4 is 4.90 Å². The van der Waals surface area contributed by atoms with E-state index < -0.39 is 6.10 Å². The van der Waals surface area contributed by atoms with Crippen LogP contribution in [0.5, 0.6) is 0 Å². The molecule has 0 aliphatic carbocycles. The summed E-state index contributed by atoms with van der Waals surface area (Å²) >= 11 is 12.0. The maximum atomic E-state index is 13.7. The summed E-state index contributed by atoms with van der Waals surface area (Å²) in [6.07, 6.45) is -0.323. The van der Waals surface area contributed by atoms with Gasteiger partial charge in [0.1, 0.15) is 5.82 Å². The summed E-state index contributed by atoms with van der Waals surface area (Å²) < 4.78 is 13.7. The predicted octanol–water partition coefficient (Wildman–Crippen LogP) is 4.69.